The molecule has 4 unspecified atom stereocenters. The number of oxazole rings is 1. The summed E-state index contributed by atoms with van der Waals surface area (Å²) in [6, 6.07) is 44.5. The van der Waals surface area contributed by atoms with Gasteiger partial charge >= 0.3 is 0 Å². The van der Waals surface area contributed by atoms with Gasteiger partial charge in [0.1, 0.15) is 5.69 Å². The Balaban J connectivity index is 1.07. The molecule has 5 aromatic carbocycles. The van der Waals surface area contributed by atoms with Crippen molar-refractivity contribution in [2.75, 3.05) is 12.3 Å². The Hall–Kier alpha value is -5.52. The Morgan fingerprint density at radius 2 is 1.41 bits per heavy atom. The van der Waals surface area contributed by atoms with E-state index in [1.165, 1.54) is 18.7 Å². The summed E-state index contributed by atoms with van der Waals surface area (Å²) in [7, 11) is 0. The quantitative estimate of drug-likeness (QED) is 0.0615. The van der Waals surface area contributed by atoms with Crippen LogP contribution in [0.1, 0.15) is 74.2 Å². The van der Waals surface area contributed by atoms with Crippen molar-refractivity contribution in [1.29, 1.82) is 0 Å². The van der Waals surface area contributed by atoms with Crippen molar-refractivity contribution in [3.8, 4) is 33.7 Å². The molecule has 9 nitrogen and oxygen atoms in total. The number of rotatable bonds is 17. The van der Waals surface area contributed by atoms with E-state index in [0.717, 1.165) is 75.2 Å². The Labute approximate surface area is 350 Å². The van der Waals surface area contributed by atoms with E-state index in [1.54, 1.807) is 0 Å². The number of carbonyl (C=O) groups excluding carboxylic acids is 2. The zero-order valence-electron chi connectivity index (χ0n) is 33.5. The van der Waals surface area contributed by atoms with E-state index in [1.807, 2.05) is 109 Å². The maximum atomic E-state index is 12.6. The summed E-state index contributed by atoms with van der Waals surface area (Å²) in [5, 5.41) is 16.1. The number of carbonyl (C=O) groups is 2. The van der Waals surface area contributed by atoms with E-state index >= 15 is 0 Å². The van der Waals surface area contributed by atoms with Gasteiger partial charge in [0.15, 0.2) is 12.1 Å². The first-order chi connectivity index (χ1) is 28.8. The normalized spacial score (nSPS) is 17.7. The molecule has 4 atom stereocenters. The molecule has 6 aromatic rings. The fourth-order valence-electron chi connectivity index (χ4n) is 7.27. The summed E-state index contributed by atoms with van der Waals surface area (Å²) in [6.45, 7) is 4.71. The number of nitrogens with one attached hydrogen (secondary N) is 2. The lowest BCUT2D eigenvalue weighted by atomic mass is 9.91. The Kier molecular flexibility index (Phi) is 14.4. The summed E-state index contributed by atoms with van der Waals surface area (Å²) in [6.07, 6.45) is 1.83. The van der Waals surface area contributed by atoms with Crippen LogP contribution in [0.4, 0.5) is 0 Å². The summed E-state index contributed by atoms with van der Waals surface area (Å²) in [5.41, 5.74) is 8.55. The van der Waals surface area contributed by atoms with Crippen LogP contribution in [0.25, 0.3) is 33.7 Å². The molecule has 7 rings (SSSR count). The first-order valence-electron chi connectivity index (χ1n) is 20.3. The van der Waals surface area contributed by atoms with Crippen LogP contribution in [0.2, 0.25) is 0 Å². The maximum absolute atomic E-state index is 12.6. The molecule has 3 N–H and O–H groups in total. The summed E-state index contributed by atoms with van der Waals surface area (Å²) >= 11 is 1.54. The molecule has 0 bridgehead atoms. The monoisotopic (exact) mass is 809 g/mol. The number of unbranched alkanes of at least 4 members (excludes halogenated alkanes) is 2. The molecule has 2 heterocycles. The van der Waals surface area contributed by atoms with Crippen LogP contribution in [0.3, 0.4) is 0 Å². The third-order valence-electron chi connectivity index (χ3n) is 10.5. The van der Waals surface area contributed by atoms with Gasteiger partial charge in [0, 0.05) is 54.8 Å². The standard InChI is InChI=1S/C49H51N3O6S/c1-33-43(32-59-49-52-45(37-15-6-3-7-16-37)47(58-49)38-17-8-4-9-18-38)56-48(57-46(33)39-25-23-35(31-53)24-26-39)42-21-13-20-41(29-42)40-19-12-14-36(28-40)30-51-44(55)22-10-5-11-27-50-34(2)54/h3-4,6-9,12-21,23-26,28-29,33,43,46,48,53H,5,10-11,22,27,30-32H2,1-2H3,(H,50,54)(H,51,55). The van der Waals surface area contributed by atoms with Gasteiger partial charge in [-0.05, 0) is 52.8 Å². The van der Waals surface area contributed by atoms with Crippen LogP contribution < -0.4 is 10.6 Å². The number of hydrogen-bond donors (Lipinski definition) is 3. The molecule has 10 heteroatoms. The number of aliphatic hydroxyl groups excluding tert-OH is 1. The lowest BCUT2D eigenvalue weighted by Gasteiger charge is -2.41. The molecule has 59 heavy (non-hydrogen) atoms. The van der Waals surface area contributed by atoms with E-state index in [4.69, 9.17) is 18.9 Å². The lowest BCUT2D eigenvalue weighted by molar-refractivity contribution is -0.268. The number of amides is 2. The maximum Gasteiger partial charge on any atom is 0.256 e. The topological polar surface area (TPSA) is 123 Å². The molecule has 1 aromatic heterocycles. The zero-order chi connectivity index (χ0) is 41.0. The van der Waals surface area contributed by atoms with Crippen molar-refractivity contribution in [3.05, 3.63) is 156 Å². The van der Waals surface area contributed by atoms with E-state index in [9.17, 15) is 14.7 Å². The summed E-state index contributed by atoms with van der Waals surface area (Å²) in [4.78, 5) is 28.6. The summed E-state index contributed by atoms with van der Waals surface area (Å²) < 4.78 is 20.1. The highest BCUT2D eigenvalue weighted by Gasteiger charge is 2.39. The minimum Gasteiger partial charge on any atom is -0.431 e. The molecule has 1 aliphatic rings. The predicted molar refractivity (Wildman–Crippen MR) is 232 cm³/mol. The van der Waals surface area contributed by atoms with Crippen molar-refractivity contribution < 1.29 is 28.6 Å². The van der Waals surface area contributed by atoms with Crippen molar-refractivity contribution in [3.63, 3.8) is 0 Å². The Morgan fingerprint density at radius 3 is 2.14 bits per heavy atom. The molecule has 2 amide bonds. The molecule has 0 saturated carbocycles. The van der Waals surface area contributed by atoms with Crippen molar-refractivity contribution in [2.24, 2.45) is 5.92 Å². The van der Waals surface area contributed by atoms with Gasteiger partial charge in [-0.3, -0.25) is 9.59 Å². The molecule has 1 fully saturated rings. The van der Waals surface area contributed by atoms with Gasteiger partial charge in [0.2, 0.25) is 11.8 Å². The zero-order valence-corrected chi connectivity index (χ0v) is 34.3. The number of hydrogen-bond acceptors (Lipinski definition) is 8. The minimum absolute atomic E-state index is 0.0159. The summed E-state index contributed by atoms with van der Waals surface area (Å²) in [5.74, 6) is 1.28. The number of thioether (sulfide) groups is 1. The van der Waals surface area contributed by atoms with E-state index in [-0.39, 0.29) is 36.5 Å². The number of ether oxygens (including phenoxy) is 2. The second-order valence-corrected chi connectivity index (χ2v) is 15.9. The van der Waals surface area contributed by atoms with E-state index < -0.39 is 6.29 Å². The second-order valence-electron chi connectivity index (χ2n) is 14.9. The Bertz CT molecular complexity index is 2220. The van der Waals surface area contributed by atoms with Gasteiger partial charge in [-0.1, -0.05) is 146 Å². The minimum atomic E-state index is -0.649. The molecular formula is C49H51N3O6S. The van der Waals surface area contributed by atoms with E-state index in [0.29, 0.717) is 30.5 Å². The number of aliphatic hydroxyl groups is 1. The fourth-order valence-corrected chi connectivity index (χ4v) is 8.26. The van der Waals surface area contributed by atoms with Gasteiger partial charge in [-0.2, -0.15) is 0 Å². The smallest absolute Gasteiger partial charge is 0.256 e. The molecule has 0 aliphatic carbocycles. The first kappa shape index (κ1) is 41.6. The van der Waals surface area contributed by atoms with Crippen LogP contribution in [-0.2, 0) is 32.2 Å². The van der Waals surface area contributed by atoms with Crippen LogP contribution in [0, 0.1) is 5.92 Å². The van der Waals surface area contributed by atoms with E-state index in [2.05, 4.69) is 41.8 Å². The highest BCUT2D eigenvalue weighted by Crippen LogP contribution is 2.44. The lowest BCUT2D eigenvalue weighted by Crippen LogP contribution is -2.38. The van der Waals surface area contributed by atoms with Gasteiger partial charge in [-0.15, -0.1) is 0 Å². The van der Waals surface area contributed by atoms with Gasteiger partial charge < -0.3 is 29.6 Å². The van der Waals surface area contributed by atoms with Crippen LogP contribution in [-0.4, -0.2) is 40.3 Å². The molecule has 304 valence electrons. The first-order valence-corrected chi connectivity index (χ1v) is 21.3. The second kappa shape index (κ2) is 20.4. The molecule has 1 saturated heterocycles. The van der Waals surface area contributed by atoms with Crippen LogP contribution in [0.15, 0.2) is 143 Å². The molecule has 1 aliphatic heterocycles. The highest BCUT2D eigenvalue weighted by molar-refractivity contribution is 7.99. The van der Waals surface area contributed by atoms with Gasteiger partial charge in [0.25, 0.3) is 5.22 Å². The average molecular weight is 810 g/mol. The van der Waals surface area contributed by atoms with Gasteiger partial charge in [-0.25, -0.2) is 4.98 Å². The third kappa shape index (κ3) is 11.2. The van der Waals surface area contributed by atoms with Crippen molar-refractivity contribution >= 4 is 23.6 Å². The number of aromatic nitrogens is 1. The number of nitrogens with zero attached hydrogens (tertiary/aromatic N) is 1. The molecular weight excluding hydrogens is 759 g/mol. The van der Waals surface area contributed by atoms with Crippen molar-refractivity contribution in [2.45, 2.75) is 76.4 Å². The Morgan fingerprint density at radius 1 is 0.712 bits per heavy atom. The third-order valence-corrected chi connectivity index (χ3v) is 11.5. The average Bonchev–Trinajstić information content (AvgIpc) is 3.71. The number of benzene rings is 5. The highest BCUT2D eigenvalue weighted by atomic mass is 32.2. The molecule has 0 spiro atoms. The van der Waals surface area contributed by atoms with Crippen molar-refractivity contribution in [1.82, 2.24) is 15.6 Å². The fraction of sp³-hybridized carbons (Fsp3) is 0.286. The predicted octanol–water partition coefficient (Wildman–Crippen LogP) is 10.1. The SMILES string of the molecule is CC(=O)NCCCCCC(=O)NCc1cccc(-c2cccc(C3OC(CSc4nc(-c5ccccc5)c(-c5ccccc5)o4)C(C)C(c4ccc(CO)cc4)O3)c2)c1. The van der Waals surface area contributed by atoms with Crippen LogP contribution >= 0.6 is 11.8 Å². The van der Waals surface area contributed by atoms with Gasteiger partial charge in [0.05, 0.1) is 18.8 Å². The molecule has 0 radical (unpaired) electrons. The van der Waals surface area contributed by atoms with Crippen LogP contribution in [0.5, 0.6) is 0 Å². The largest absolute Gasteiger partial charge is 0.431 e.